The zero-order valence-corrected chi connectivity index (χ0v) is 11.7. The molecule has 112 valence electrons. The van der Waals surface area contributed by atoms with Crippen LogP contribution in [0.15, 0.2) is 24.4 Å². The summed E-state index contributed by atoms with van der Waals surface area (Å²) >= 11 is 0. The van der Waals surface area contributed by atoms with E-state index in [2.05, 4.69) is 9.97 Å². The van der Waals surface area contributed by atoms with Crippen LogP contribution in [0.5, 0.6) is 0 Å². The molecule has 0 saturated carbocycles. The summed E-state index contributed by atoms with van der Waals surface area (Å²) in [5.74, 6) is -0.287. The summed E-state index contributed by atoms with van der Waals surface area (Å²) in [6, 6.07) is 4.58. The Morgan fingerprint density at radius 1 is 1.43 bits per heavy atom. The van der Waals surface area contributed by atoms with E-state index >= 15 is 0 Å². The zero-order valence-electron chi connectivity index (χ0n) is 11.7. The predicted octanol–water partition coefficient (Wildman–Crippen LogP) is 3.45. The van der Waals surface area contributed by atoms with Crippen LogP contribution in [0.1, 0.15) is 37.4 Å². The van der Waals surface area contributed by atoms with Gasteiger partial charge in [-0.25, -0.2) is 18.7 Å². The lowest BCUT2D eigenvalue weighted by Gasteiger charge is -2.08. The Bertz CT molecular complexity index is 632. The smallest absolute Gasteiger partial charge is 0.305 e. The van der Waals surface area contributed by atoms with E-state index in [1.54, 1.807) is 19.1 Å². The maximum Gasteiger partial charge on any atom is 0.305 e. The first-order valence-electron chi connectivity index (χ1n) is 6.80. The van der Waals surface area contributed by atoms with Crippen LogP contribution < -0.4 is 0 Å². The molecule has 4 nitrogen and oxygen atoms in total. The molecule has 0 unspecified atom stereocenters. The van der Waals surface area contributed by atoms with Gasteiger partial charge in [0.1, 0.15) is 0 Å². The third-order valence-electron chi connectivity index (χ3n) is 3.02. The van der Waals surface area contributed by atoms with Crippen molar-refractivity contribution in [1.82, 2.24) is 9.97 Å². The lowest BCUT2D eigenvalue weighted by molar-refractivity contribution is -0.143. The van der Waals surface area contributed by atoms with Crippen molar-refractivity contribution in [3.63, 3.8) is 0 Å². The monoisotopic (exact) mass is 294 g/mol. The van der Waals surface area contributed by atoms with Gasteiger partial charge in [-0.15, -0.1) is 0 Å². The molecule has 0 amide bonds. The fourth-order valence-electron chi connectivity index (χ4n) is 2.09. The van der Waals surface area contributed by atoms with Crippen LogP contribution in [0.25, 0.3) is 11.0 Å². The van der Waals surface area contributed by atoms with Crippen LogP contribution in [0.3, 0.4) is 0 Å². The van der Waals surface area contributed by atoms with Gasteiger partial charge in [-0.1, -0.05) is 0 Å². The Balaban J connectivity index is 2.15. The molecular weight excluding hydrogens is 278 g/mol. The number of alkyl halides is 2. The van der Waals surface area contributed by atoms with Crippen LogP contribution >= 0.6 is 0 Å². The molecule has 0 aliphatic rings. The molecule has 0 aliphatic heterocycles. The molecular formula is C15H16F2N2O2. The highest BCUT2D eigenvalue weighted by Crippen LogP contribution is 2.27. The second kappa shape index (κ2) is 7.06. The molecule has 0 N–H and O–H groups in total. The standard InChI is InChI=1S/C15H16F2N2O2/c1-2-21-13(20)7-3-5-10-9-12(14(16)17)11-6-4-8-18-15(11)19-10/h4,6,8-9,14H,2-3,5,7H2,1H3. The van der Waals surface area contributed by atoms with Crippen molar-refractivity contribution in [3.8, 4) is 0 Å². The number of nitrogens with zero attached hydrogens (tertiary/aromatic N) is 2. The van der Waals surface area contributed by atoms with E-state index in [1.165, 1.54) is 12.3 Å². The summed E-state index contributed by atoms with van der Waals surface area (Å²) in [4.78, 5) is 19.5. The lowest BCUT2D eigenvalue weighted by Crippen LogP contribution is -2.05. The molecule has 6 heteroatoms. The van der Waals surface area contributed by atoms with Gasteiger partial charge in [-0.3, -0.25) is 4.79 Å². The number of carbonyl (C=O) groups is 1. The second-order valence-corrected chi connectivity index (χ2v) is 4.54. The summed E-state index contributed by atoms with van der Waals surface area (Å²) < 4.78 is 31.0. The van der Waals surface area contributed by atoms with Crippen LogP contribution in [-0.4, -0.2) is 22.5 Å². The summed E-state index contributed by atoms with van der Waals surface area (Å²) in [5, 5.41) is 0.363. The van der Waals surface area contributed by atoms with Crippen molar-refractivity contribution in [2.75, 3.05) is 6.61 Å². The van der Waals surface area contributed by atoms with Crippen molar-refractivity contribution in [1.29, 1.82) is 0 Å². The van der Waals surface area contributed by atoms with Gasteiger partial charge in [-0.2, -0.15) is 0 Å². The Hall–Kier alpha value is -2.11. The van der Waals surface area contributed by atoms with Gasteiger partial charge in [0.15, 0.2) is 5.65 Å². The minimum Gasteiger partial charge on any atom is -0.466 e. The fourth-order valence-corrected chi connectivity index (χ4v) is 2.09. The Morgan fingerprint density at radius 2 is 2.24 bits per heavy atom. The number of halogens is 2. The Morgan fingerprint density at radius 3 is 2.95 bits per heavy atom. The maximum atomic E-state index is 13.1. The van der Waals surface area contributed by atoms with Crippen LogP contribution in [0.2, 0.25) is 0 Å². The van der Waals surface area contributed by atoms with Gasteiger partial charge in [0.05, 0.1) is 6.61 Å². The number of hydrogen-bond acceptors (Lipinski definition) is 4. The molecule has 0 atom stereocenters. The molecule has 21 heavy (non-hydrogen) atoms. The van der Waals surface area contributed by atoms with Gasteiger partial charge >= 0.3 is 5.97 Å². The number of hydrogen-bond donors (Lipinski definition) is 0. The molecule has 2 rings (SSSR count). The number of rotatable bonds is 6. The van der Waals surface area contributed by atoms with Crippen molar-refractivity contribution in [2.24, 2.45) is 0 Å². The van der Waals surface area contributed by atoms with Gasteiger partial charge in [0, 0.05) is 29.3 Å². The highest BCUT2D eigenvalue weighted by Gasteiger charge is 2.14. The predicted molar refractivity (Wildman–Crippen MR) is 74.1 cm³/mol. The third kappa shape index (κ3) is 3.93. The molecule has 0 saturated heterocycles. The highest BCUT2D eigenvalue weighted by molar-refractivity contribution is 5.79. The largest absolute Gasteiger partial charge is 0.466 e. The summed E-state index contributed by atoms with van der Waals surface area (Å²) in [5.41, 5.74) is 0.751. The van der Waals surface area contributed by atoms with Crippen molar-refractivity contribution in [3.05, 3.63) is 35.7 Å². The summed E-state index contributed by atoms with van der Waals surface area (Å²) in [7, 11) is 0. The van der Waals surface area contributed by atoms with E-state index in [9.17, 15) is 13.6 Å². The van der Waals surface area contributed by atoms with Crippen LogP contribution in [0, 0.1) is 0 Å². The van der Waals surface area contributed by atoms with Crippen molar-refractivity contribution >= 4 is 17.0 Å². The molecule has 2 aromatic rings. The minimum absolute atomic E-state index is 0.0702. The van der Waals surface area contributed by atoms with Gasteiger partial charge in [-0.05, 0) is 38.0 Å². The zero-order chi connectivity index (χ0) is 15.2. The maximum absolute atomic E-state index is 13.1. The first-order chi connectivity index (χ1) is 10.1. The van der Waals surface area contributed by atoms with Crippen molar-refractivity contribution < 1.29 is 18.3 Å². The topological polar surface area (TPSA) is 52.1 Å². The normalized spacial score (nSPS) is 11.0. The average Bonchev–Trinajstić information content (AvgIpc) is 2.46. The number of ether oxygens (including phenoxy) is 1. The van der Waals surface area contributed by atoms with E-state index in [0.29, 0.717) is 36.2 Å². The molecule has 0 radical (unpaired) electrons. The molecule has 2 aromatic heterocycles. The minimum atomic E-state index is -2.58. The Labute approximate surface area is 121 Å². The SMILES string of the molecule is CCOC(=O)CCCc1cc(C(F)F)c2cccnc2n1. The number of aryl methyl sites for hydroxylation is 1. The highest BCUT2D eigenvalue weighted by atomic mass is 19.3. The van der Waals surface area contributed by atoms with E-state index < -0.39 is 6.43 Å². The summed E-state index contributed by atoms with van der Waals surface area (Å²) in [6.07, 6.45) is 0.133. The molecule has 0 spiro atoms. The number of aromatic nitrogens is 2. The van der Waals surface area contributed by atoms with Crippen molar-refractivity contribution in [2.45, 2.75) is 32.6 Å². The first-order valence-corrected chi connectivity index (χ1v) is 6.80. The Kier molecular flexibility index (Phi) is 5.14. The van der Waals surface area contributed by atoms with E-state index in [0.717, 1.165) is 0 Å². The van der Waals surface area contributed by atoms with Gasteiger partial charge < -0.3 is 4.74 Å². The molecule has 0 fully saturated rings. The third-order valence-corrected chi connectivity index (χ3v) is 3.02. The first kappa shape index (κ1) is 15.3. The number of carbonyl (C=O) groups excluding carboxylic acids is 1. The molecule has 0 bridgehead atoms. The van der Waals surface area contributed by atoms with Gasteiger partial charge in [0.25, 0.3) is 6.43 Å². The quantitative estimate of drug-likeness (QED) is 0.766. The number of pyridine rings is 2. The molecule has 2 heterocycles. The van der Waals surface area contributed by atoms with Crippen LogP contribution in [-0.2, 0) is 16.0 Å². The molecule has 0 aromatic carbocycles. The lowest BCUT2D eigenvalue weighted by atomic mass is 10.1. The second-order valence-electron chi connectivity index (χ2n) is 4.54. The summed E-state index contributed by atoms with van der Waals surface area (Å²) in [6.45, 7) is 2.08. The van der Waals surface area contributed by atoms with Crippen LogP contribution in [0.4, 0.5) is 8.78 Å². The number of esters is 1. The van der Waals surface area contributed by atoms with Gasteiger partial charge in [0.2, 0.25) is 0 Å². The van der Waals surface area contributed by atoms with E-state index in [-0.39, 0.29) is 18.0 Å². The average molecular weight is 294 g/mol. The number of fused-ring (bicyclic) bond motifs is 1. The van der Waals surface area contributed by atoms with E-state index in [1.807, 2.05) is 0 Å². The fraction of sp³-hybridized carbons (Fsp3) is 0.400. The molecule has 0 aliphatic carbocycles. The van der Waals surface area contributed by atoms with E-state index in [4.69, 9.17) is 4.74 Å².